The van der Waals surface area contributed by atoms with Crippen LogP contribution in [-0.4, -0.2) is 61.1 Å². The number of carbonyl (C=O) groups excluding carboxylic acids is 1. The Balaban J connectivity index is 1.89. The highest BCUT2D eigenvalue weighted by molar-refractivity contribution is 7.89. The number of rotatable bonds is 8. The predicted molar refractivity (Wildman–Crippen MR) is 126 cm³/mol. The lowest BCUT2D eigenvalue weighted by Crippen LogP contribution is -2.36. The number of hydrogen-bond donors (Lipinski definition) is 2. The summed E-state index contributed by atoms with van der Waals surface area (Å²) in [7, 11) is -0.601. The Labute approximate surface area is 208 Å². The summed E-state index contributed by atoms with van der Waals surface area (Å²) in [5, 5.41) is 6.38. The maximum Gasteiger partial charge on any atom is 0.492 e. The molecule has 0 atom stereocenters. The van der Waals surface area contributed by atoms with Crippen LogP contribution in [0.3, 0.4) is 0 Å². The molecule has 0 amide bonds. The van der Waals surface area contributed by atoms with Crippen LogP contribution in [0.25, 0.3) is 0 Å². The van der Waals surface area contributed by atoms with E-state index in [9.17, 15) is 26.4 Å². The molecule has 0 bridgehead atoms. The summed E-state index contributed by atoms with van der Waals surface area (Å²) in [4.78, 5) is 28.5. The van der Waals surface area contributed by atoms with E-state index in [1.54, 1.807) is 43.3 Å². The van der Waals surface area contributed by atoms with Gasteiger partial charge in [0.2, 0.25) is 11.9 Å². The van der Waals surface area contributed by atoms with Crippen LogP contribution in [0.4, 0.5) is 42.1 Å². The van der Waals surface area contributed by atoms with Gasteiger partial charge in [0.05, 0.1) is 16.3 Å². The van der Waals surface area contributed by atoms with Crippen molar-refractivity contribution in [3.8, 4) is 0 Å². The topological polar surface area (TPSA) is 130 Å². The van der Waals surface area contributed by atoms with Crippen molar-refractivity contribution >= 4 is 56.6 Å². The normalized spacial score (nSPS) is 11.8. The van der Waals surface area contributed by atoms with Gasteiger partial charge in [-0.15, -0.1) is 0 Å². The molecule has 1 aromatic heterocycles. The van der Waals surface area contributed by atoms with E-state index in [0.29, 0.717) is 23.4 Å². The Morgan fingerprint density at radius 3 is 2.19 bits per heavy atom. The summed E-state index contributed by atoms with van der Waals surface area (Å²) in [5.74, 6) is -2.47. The quantitative estimate of drug-likeness (QED) is 0.404. The van der Waals surface area contributed by atoms with E-state index in [2.05, 4.69) is 30.4 Å². The van der Waals surface area contributed by atoms with Crippen LogP contribution in [0.15, 0.2) is 53.7 Å². The summed E-state index contributed by atoms with van der Waals surface area (Å²) in [6, 6.07) is 10.4. The number of sulfonamides is 1. The van der Waals surface area contributed by atoms with Gasteiger partial charge < -0.3 is 20.4 Å². The lowest BCUT2D eigenvalue weighted by atomic mass is 10.2. The van der Waals surface area contributed by atoms with Crippen molar-refractivity contribution in [3.63, 3.8) is 0 Å². The monoisotopic (exact) mass is 545 g/mol. The van der Waals surface area contributed by atoms with Gasteiger partial charge in [0.15, 0.2) is 0 Å². The Kier molecular flexibility index (Phi) is 7.86. The number of carbonyl (C=O) groups is 1. The van der Waals surface area contributed by atoms with Gasteiger partial charge in [-0.05, 0) is 46.9 Å². The van der Waals surface area contributed by atoms with E-state index < -0.39 is 27.1 Å². The third-order valence-corrected chi connectivity index (χ3v) is 6.30. The largest absolute Gasteiger partial charge is 0.492 e. The third-order valence-electron chi connectivity index (χ3n) is 4.45. The molecule has 0 saturated heterocycles. The molecule has 11 nitrogen and oxygen atoms in total. The first-order chi connectivity index (χ1) is 16.8. The number of halogens is 4. The van der Waals surface area contributed by atoms with Gasteiger partial charge in [0.1, 0.15) is 6.33 Å². The van der Waals surface area contributed by atoms with E-state index in [0.717, 1.165) is 12.1 Å². The first kappa shape index (κ1) is 26.9. The number of anilines is 5. The molecule has 2 aromatic carbocycles. The van der Waals surface area contributed by atoms with Crippen molar-refractivity contribution in [2.45, 2.75) is 11.1 Å². The first-order valence-corrected chi connectivity index (χ1v) is 11.7. The summed E-state index contributed by atoms with van der Waals surface area (Å²) in [6.45, 7) is 0. The third kappa shape index (κ3) is 6.50. The number of aromatic nitrogens is 3. The number of hydroxylamine groups is 1. The van der Waals surface area contributed by atoms with Gasteiger partial charge in [-0.3, -0.25) is 0 Å². The van der Waals surface area contributed by atoms with Gasteiger partial charge in [-0.1, -0.05) is 11.6 Å². The predicted octanol–water partition coefficient (Wildman–Crippen LogP) is 3.72. The van der Waals surface area contributed by atoms with E-state index in [1.807, 2.05) is 0 Å². The van der Waals surface area contributed by atoms with Gasteiger partial charge in [0, 0.05) is 31.9 Å². The zero-order valence-corrected chi connectivity index (χ0v) is 20.5. The molecule has 0 aliphatic carbocycles. The summed E-state index contributed by atoms with van der Waals surface area (Å²) in [6.07, 6.45) is -4.16. The molecule has 36 heavy (non-hydrogen) atoms. The molecule has 0 aliphatic heterocycles. The minimum absolute atomic E-state index is 0.0379. The fourth-order valence-corrected chi connectivity index (χ4v) is 3.83. The van der Waals surface area contributed by atoms with Gasteiger partial charge in [-0.25, -0.2) is 23.2 Å². The molecule has 0 radical (unpaired) electrons. The average Bonchev–Trinajstić information content (AvgIpc) is 2.80. The molecule has 0 fully saturated rings. The molecule has 192 valence electrons. The second-order valence-corrected chi connectivity index (χ2v) is 9.63. The Hall–Kier alpha value is -3.69. The zero-order valence-electron chi connectivity index (χ0n) is 18.9. The maximum atomic E-state index is 12.7. The highest BCUT2D eigenvalue weighted by Crippen LogP contribution is 2.31. The molecule has 0 aliphatic rings. The highest BCUT2D eigenvalue weighted by Gasteiger charge is 2.43. The van der Waals surface area contributed by atoms with E-state index in [4.69, 9.17) is 11.6 Å². The minimum Gasteiger partial charge on any atom is -0.376 e. The second-order valence-electron chi connectivity index (χ2n) is 7.25. The molecule has 16 heteroatoms. The van der Waals surface area contributed by atoms with E-state index in [1.165, 1.54) is 12.4 Å². The van der Waals surface area contributed by atoms with Crippen LogP contribution < -0.4 is 15.5 Å². The van der Waals surface area contributed by atoms with Crippen molar-refractivity contribution in [1.29, 1.82) is 0 Å². The Morgan fingerprint density at radius 2 is 1.61 bits per heavy atom. The molecular weight excluding hydrogens is 527 g/mol. The number of hydrogen-bond acceptors (Lipinski definition) is 10. The van der Waals surface area contributed by atoms with Crippen molar-refractivity contribution in [2.24, 2.45) is 0 Å². The van der Waals surface area contributed by atoms with Gasteiger partial charge in [-0.2, -0.15) is 18.2 Å². The summed E-state index contributed by atoms with van der Waals surface area (Å²) >= 11 is 5.88. The number of benzene rings is 2. The fraction of sp³-hybridized carbons (Fsp3) is 0.200. The van der Waals surface area contributed by atoms with Crippen molar-refractivity contribution in [2.75, 3.05) is 36.7 Å². The summed E-state index contributed by atoms with van der Waals surface area (Å²) < 4.78 is 62.8. The van der Waals surface area contributed by atoms with Crippen molar-refractivity contribution in [3.05, 3.63) is 53.8 Å². The standard InChI is InChI=1S/C20H19ClF3N7O4S/c1-30(2)16-9-8-14(36(33,34)31(3)35-17(32)20(22,23)24)10-15(16)28-19-26-11-25-18(29-19)27-13-6-4-12(21)5-7-13/h4-11H,1-3H3,(H2,25,26,27,28,29). The van der Waals surface area contributed by atoms with Crippen LogP contribution in [0.2, 0.25) is 5.02 Å². The SMILES string of the molecule is CN(C)c1ccc(S(=O)(=O)N(C)OC(=O)C(F)(F)F)cc1Nc1ncnc(Nc2ccc(Cl)cc2)n1. The molecule has 3 rings (SSSR count). The number of alkyl halides is 3. The minimum atomic E-state index is -5.37. The van der Waals surface area contributed by atoms with E-state index in [-0.39, 0.29) is 22.1 Å². The van der Waals surface area contributed by atoms with Crippen molar-refractivity contribution in [1.82, 2.24) is 19.4 Å². The fourth-order valence-electron chi connectivity index (χ4n) is 2.73. The maximum absolute atomic E-state index is 12.7. The molecule has 0 spiro atoms. The van der Waals surface area contributed by atoms with Crippen molar-refractivity contribution < 1.29 is 31.2 Å². The van der Waals surface area contributed by atoms with Crippen LogP contribution in [-0.2, 0) is 19.7 Å². The Bertz CT molecular complexity index is 1360. The Morgan fingerprint density at radius 1 is 1.00 bits per heavy atom. The number of nitrogens with zero attached hydrogens (tertiary/aromatic N) is 5. The van der Waals surface area contributed by atoms with Crippen LogP contribution >= 0.6 is 11.6 Å². The van der Waals surface area contributed by atoms with Crippen LogP contribution in [0, 0.1) is 0 Å². The van der Waals surface area contributed by atoms with Gasteiger partial charge >= 0.3 is 12.1 Å². The molecule has 2 N–H and O–H groups in total. The lowest BCUT2D eigenvalue weighted by molar-refractivity contribution is -0.219. The second kappa shape index (κ2) is 10.5. The smallest absolute Gasteiger partial charge is 0.376 e. The van der Waals surface area contributed by atoms with Crippen LogP contribution in [0.1, 0.15) is 0 Å². The van der Waals surface area contributed by atoms with E-state index >= 15 is 0 Å². The highest BCUT2D eigenvalue weighted by atomic mass is 35.5. The molecule has 1 heterocycles. The van der Waals surface area contributed by atoms with Gasteiger partial charge in [0.25, 0.3) is 10.0 Å². The number of nitrogens with one attached hydrogen (secondary N) is 2. The molecule has 0 unspecified atom stereocenters. The zero-order chi connectivity index (χ0) is 26.7. The molecule has 3 aromatic rings. The average molecular weight is 546 g/mol. The van der Waals surface area contributed by atoms with Crippen LogP contribution in [0.5, 0.6) is 0 Å². The molecule has 0 saturated carbocycles. The summed E-state index contributed by atoms with van der Waals surface area (Å²) in [5.41, 5.74) is 1.34. The lowest BCUT2D eigenvalue weighted by Gasteiger charge is -2.21. The first-order valence-electron chi connectivity index (χ1n) is 9.85. The molecular formula is C20H19ClF3N7O4S.